The van der Waals surface area contributed by atoms with Crippen LogP contribution in [0.4, 0.5) is 4.79 Å². The Labute approximate surface area is 121 Å². The van der Waals surface area contributed by atoms with Crippen LogP contribution in [0.1, 0.15) is 59.3 Å². The lowest BCUT2D eigenvalue weighted by Gasteiger charge is -2.36. The van der Waals surface area contributed by atoms with Crippen LogP contribution in [-0.2, 0) is 4.79 Å². The normalized spacial score (nSPS) is 23.2. The number of rotatable bonds is 5. The van der Waals surface area contributed by atoms with E-state index >= 15 is 0 Å². The number of carbonyl (C=O) groups excluding carboxylic acids is 1. The lowest BCUT2D eigenvalue weighted by atomic mass is 9.87. The van der Waals surface area contributed by atoms with Gasteiger partial charge in [0.05, 0.1) is 0 Å². The minimum Gasteiger partial charge on any atom is -0.481 e. The van der Waals surface area contributed by atoms with Gasteiger partial charge in [-0.3, -0.25) is 4.79 Å². The first kappa shape index (κ1) is 16.8. The number of nitrogens with zero attached hydrogens (tertiary/aromatic N) is 1. The Morgan fingerprint density at radius 3 is 2.30 bits per heavy atom. The third kappa shape index (κ3) is 5.39. The van der Waals surface area contributed by atoms with Crippen LogP contribution in [0.25, 0.3) is 0 Å². The number of hydrogen-bond donors (Lipinski definition) is 2. The minimum absolute atomic E-state index is 0.0674. The molecule has 1 saturated carbocycles. The van der Waals surface area contributed by atoms with Crippen molar-refractivity contribution in [2.24, 2.45) is 5.92 Å². The molecule has 116 valence electrons. The molecule has 1 fully saturated rings. The molecule has 0 aliphatic heterocycles. The summed E-state index contributed by atoms with van der Waals surface area (Å²) in [6.07, 6.45) is 4.96. The van der Waals surface area contributed by atoms with Crippen molar-refractivity contribution in [2.45, 2.75) is 70.9 Å². The van der Waals surface area contributed by atoms with Crippen molar-refractivity contribution >= 4 is 12.0 Å². The summed E-state index contributed by atoms with van der Waals surface area (Å²) in [7, 11) is 1.84. The molecule has 1 aliphatic carbocycles. The summed E-state index contributed by atoms with van der Waals surface area (Å²) in [4.78, 5) is 24.7. The molecule has 0 saturated heterocycles. The van der Waals surface area contributed by atoms with E-state index in [1.807, 2.05) is 20.9 Å². The van der Waals surface area contributed by atoms with E-state index < -0.39 is 11.5 Å². The van der Waals surface area contributed by atoms with Gasteiger partial charge in [0.1, 0.15) is 0 Å². The zero-order valence-electron chi connectivity index (χ0n) is 13.1. The van der Waals surface area contributed by atoms with Gasteiger partial charge in [0, 0.05) is 25.0 Å². The molecule has 5 heteroatoms. The Balaban J connectivity index is 2.46. The van der Waals surface area contributed by atoms with Crippen molar-refractivity contribution in [3.05, 3.63) is 0 Å². The summed E-state index contributed by atoms with van der Waals surface area (Å²) in [6, 6.07) is 0.210. The molecule has 0 aromatic rings. The second kappa shape index (κ2) is 6.95. The molecule has 20 heavy (non-hydrogen) atoms. The maximum atomic E-state index is 12.3. The van der Waals surface area contributed by atoms with E-state index in [2.05, 4.69) is 12.2 Å². The lowest BCUT2D eigenvalue weighted by molar-refractivity contribution is -0.137. The number of urea groups is 1. The van der Waals surface area contributed by atoms with Gasteiger partial charge in [0.2, 0.25) is 0 Å². The molecule has 0 atom stereocenters. The highest BCUT2D eigenvalue weighted by molar-refractivity contribution is 5.75. The molecule has 0 bridgehead atoms. The van der Waals surface area contributed by atoms with Gasteiger partial charge >= 0.3 is 12.0 Å². The summed E-state index contributed by atoms with van der Waals surface area (Å²) in [5.41, 5.74) is -0.494. The monoisotopic (exact) mass is 284 g/mol. The van der Waals surface area contributed by atoms with Crippen LogP contribution >= 0.6 is 0 Å². The molecular weight excluding hydrogens is 256 g/mol. The van der Waals surface area contributed by atoms with E-state index in [-0.39, 0.29) is 12.5 Å². The molecule has 1 rings (SSSR count). The predicted molar refractivity (Wildman–Crippen MR) is 78.7 cm³/mol. The summed E-state index contributed by atoms with van der Waals surface area (Å²) in [5, 5.41) is 11.7. The molecule has 0 aromatic carbocycles. The molecular formula is C15H28N2O3. The average Bonchev–Trinajstić information content (AvgIpc) is 2.36. The van der Waals surface area contributed by atoms with Gasteiger partial charge < -0.3 is 15.3 Å². The summed E-state index contributed by atoms with van der Waals surface area (Å²) < 4.78 is 0. The van der Waals surface area contributed by atoms with Crippen molar-refractivity contribution in [3.8, 4) is 0 Å². The molecule has 0 unspecified atom stereocenters. The second-order valence-electron chi connectivity index (χ2n) is 6.73. The summed E-state index contributed by atoms with van der Waals surface area (Å²) >= 11 is 0. The Bertz CT molecular complexity index is 347. The van der Waals surface area contributed by atoms with Gasteiger partial charge in [0.25, 0.3) is 0 Å². The second-order valence-corrected chi connectivity index (χ2v) is 6.73. The van der Waals surface area contributed by atoms with E-state index in [0.29, 0.717) is 12.5 Å². The number of carbonyl (C=O) groups is 2. The first-order valence-corrected chi connectivity index (χ1v) is 7.48. The van der Waals surface area contributed by atoms with E-state index in [1.54, 1.807) is 4.90 Å². The number of carboxylic acids is 1. The van der Waals surface area contributed by atoms with Crippen molar-refractivity contribution in [1.82, 2.24) is 10.2 Å². The first-order valence-electron chi connectivity index (χ1n) is 7.48. The van der Waals surface area contributed by atoms with E-state index in [4.69, 9.17) is 5.11 Å². The molecule has 0 spiro atoms. The van der Waals surface area contributed by atoms with Gasteiger partial charge in [-0.15, -0.1) is 0 Å². The quantitative estimate of drug-likeness (QED) is 0.815. The first-order chi connectivity index (χ1) is 9.21. The number of hydrogen-bond acceptors (Lipinski definition) is 2. The zero-order chi connectivity index (χ0) is 15.3. The molecule has 2 amide bonds. The molecule has 5 nitrogen and oxygen atoms in total. The van der Waals surface area contributed by atoms with Crippen LogP contribution in [0.2, 0.25) is 0 Å². The van der Waals surface area contributed by atoms with Gasteiger partial charge in [-0.2, -0.15) is 0 Å². The van der Waals surface area contributed by atoms with Crippen LogP contribution < -0.4 is 5.32 Å². The topological polar surface area (TPSA) is 69.6 Å². The van der Waals surface area contributed by atoms with Crippen molar-refractivity contribution in [2.75, 3.05) is 7.05 Å². The Kier molecular flexibility index (Phi) is 5.84. The standard InChI is InChI=1S/C15H28N2O3/c1-11-5-7-12(8-6-11)17(4)14(20)16-15(2,3)10-9-13(18)19/h11-12H,5-10H2,1-4H3,(H,16,20)(H,18,19). The summed E-state index contributed by atoms with van der Waals surface area (Å²) in [6.45, 7) is 5.99. The van der Waals surface area contributed by atoms with Crippen LogP contribution in [0.3, 0.4) is 0 Å². The fourth-order valence-electron chi connectivity index (χ4n) is 2.66. The molecule has 0 radical (unpaired) electrons. The highest BCUT2D eigenvalue weighted by Crippen LogP contribution is 2.26. The molecule has 1 aliphatic rings. The van der Waals surface area contributed by atoms with Crippen LogP contribution in [-0.4, -0.2) is 40.6 Å². The lowest BCUT2D eigenvalue weighted by Crippen LogP contribution is -2.52. The maximum absolute atomic E-state index is 12.3. The van der Waals surface area contributed by atoms with Gasteiger partial charge in [-0.25, -0.2) is 4.79 Å². The Hall–Kier alpha value is -1.26. The van der Waals surface area contributed by atoms with Crippen LogP contribution in [0.5, 0.6) is 0 Å². The SMILES string of the molecule is CC1CCC(N(C)C(=O)NC(C)(C)CCC(=O)O)CC1. The fourth-order valence-corrected chi connectivity index (χ4v) is 2.66. The van der Waals surface area contributed by atoms with Crippen molar-refractivity contribution in [1.29, 1.82) is 0 Å². The number of nitrogens with one attached hydrogen (secondary N) is 1. The Morgan fingerprint density at radius 1 is 1.25 bits per heavy atom. The van der Waals surface area contributed by atoms with Crippen molar-refractivity contribution < 1.29 is 14.7 Å². The molecule has 0 aromatic heterocycles. The van der Waals surface area contributed by atoms with Gasteiger partial charge in [-0.1, -0.05) is 6.92 Å². The highest BCUT2D eigenvalue weighted by Gasteiger charge is 2.28. The zero-order valence-corrected chi connectivity index (χ0v) is 13.1. The molecule has 0 heterocycles. The fraction of sp³-hybridized carbons (Fsp3) is 0.867. The van der Waals surface area contributed by atoms with Crippen LogP contribution in [0, 0.1) is 5.92 Å². The number of amides is 2. The van der Waals surface area contributed by atoms with Gasteiger partial charge in [-0.05, 0) is 51.9 Å². The van der Waals surface area contributed by atoms with Crippen molar-refractivity contribution in [3.63, 3.8) is 0 Å². The third-order valence-corrected chi connectivity index (χ3v) is 4.26. The Morgan fingerprint density at radius 2 is 1.80 bits per heavy atom. The smallest absolute Gasteiger partial charge is 0.317 e. The van der Waals surface area contributed by atoms with Crippen LogP contribution in [0.15, 0.2) is 0 Å². The highest BCUT2D eigenvalue weighted by atomic mass is 16.4. The number of aliphatic carboxylic acids is 1. The largest absolute Gasteiger partial charge is 0.481 e. The average molecular weight is 284 g/mol. The van der Waals surface area contributed by atoms with E-state index in [1.165, 1.54) is 12.8 Å². The van der Waals surface area contributed by atoms with E-state index in [0.717, 1.165) is 18.8 Å². The maximum Gasteiger partial charge on any atom is 0.317 e. The third-order valence-electron chi connectivity index (χ3n) is 4.26. The van der Waals surface area contributed by atoms with E-state index in [9.17, 15) is 9.59 Å². The number of carboxylic acid groups (broad SMARTS) is 1. The predicted octanol–water partition coefficient (Wildman–Crippen LogP) is 2.85. The minimum atomic E-state index is -0.832. The van der Waals surface area contributed by atoms with Gasteiger partial charge in [0.15, 0.2) is 0 Å². The molecule has 2 N–H and O–H groups in total. The summed E-state index contributed by atoms with van der Waals surface area (Å²) in [5.74, 6) is -0.0725.